The van der Waals surface area contributed by atoms with E-state index in [1.807, 2.05) is 24.3 Å². The molecule has 2 unspecified atom stereocenters. The average molecular weight is 275 g/mol. The lowest BCUT2D eigenvalue weighted by Crippen LogP contribution is -2.40. The standard InChI is InChI=1S/C17H25NO2/c1-13-10-14(2)12-18(11-13)8-9-20-17-6-4-16(5-7-17)15(3)19/h4-7,13-14H,8-12H2,1-3H3. The molecule has 0 amide bonds. The van der Waals surface area contributed by atoms with Crippen molar-refractivity contribution < 1.29 is 9.53 Å². The fourth-order valence-corrected chi connectivity index (χ4v) is 3.05. The Balaban J connectivity index is 1.76. The van der Waals surface area contributed by atoms with Crippen LogP contribution in [0, 0.1) is 11.8 Å². The third-order valence-electron chi connectivity index (χ3n) is 3.88. The minimum Gasteiger partial charge on any atom is -0.492 e. The molecular weight excluding hydrogens is 250 g/mol. The number of ketones is 1. The van der Waals surface area contributed by atoms with Crippen LogP contribution < -0.4 is 4.74 Å². The Morgan fingerprint density at radius 1 is 1.20 bits per heavy atom. The first-order valence-electron chi connectivity index (χ1n) is 7.50. The highest BCUT2D eigenvalue weighted by Crippen LogP contribution is 2.20. The van der Waals surface area contributed by atoms with Gasteiger partial charge in [-0.15, -0.1) is 0 Å². The molecule has 0 bridgehead atoms. The summed E-state index contributed by atoms with van der Waals surface area (Å²) < 4.78 is 5.76. The molecule has 3 heteroatoms. The zero-order valence-electron chi connectivity index (χ0n) is 12.8. The minimum absolute atomic E-state index is 0.0906. The molecule has 0 aliphatic carbocycles. The monoisotopic (exact) mass is 275 g/mol. The highest BCUT2D eigenvalue weighted by Gasteiger charge is 2.21. The lowest BCUT2D eigenvalue weighted by atomic mass is 9.92. The number of carbonyl (C=O) groups is 1. The van der Waals surface area contributed by atoms with E-state index in [0.717, 1.165) is 29.7 Å². The fraction of sp³-hybridized carbons (Fsp3) is 0.588. The average Bonchev–Trinajstić information content (AvgIpc) is 2.38. The number of Topliss-reactive ketones (excluding diaryl/α,β-unsaturated/α-hetero) is 1. The van der Waals surface area contributed by atoms with Crippen molar-refractivity contribution in [2.75, 3.05) is 26.2 Å². The van der Waals surface area contributed by atoms with E-state index in [2.05, 4.69) is 18.7 Å². The Bertz CT molecular complexity index is 431. The number of nitrogens with zero attached hydrogens (tertiary/aromatic N) is 1. The maximum Gasteiger partial charge on any atom is 0.159 e. The molecule has 3 nitrogen and oxygen atoms in total. The van der Waals surface area contributed by atoms with Gasteiger partial charge in [0.15, 0.2) is 5.78 Å². The Kier molecular flexibility index (Phi) is 5.18. The van der Waals surface area contributed by atoms with E-state index >= 15 is 0 Å². The van der Waals surface area contributed by atoms with Crippen molar-refractivity contribution in [1.29, 1.82) is 0 Å². The molecular formula is C17H25NO2. The van der Waals surface area contributed by atoms with Crippen LogP contribution in [0.4, 0.5) is 0 Å². The Morgan fingerprint density at radius 2 is 1.80 bits per heavy atom. The Hall–Kier alpha value is -1.35. The van der Waals surface area contributed by atoms with Gasteiger partial charge in [-0.1, -0.05) is 13.8 Å². The molecule has 20 heavy (non-hydrogen) atoms. The van der Waals surface area contributed by atoms with Gasteiger partial charge < -0.3 is 4.74 Å². The van der Waals surface area contributed by atoms with Crippen molar-refractivity contribution >= 4 is 5.78 Å². The highest BCUT2D eigenvalue weighted by atomic mass is 16.5. The molecule has 1 aromatic carbocycles. The zero-order valence-corrected chi connectivity index (χ0v) is 12.8. The summed E-state index contributed by atoms with van der Waals surface area (Å²) in [6.45, 7) is 10.3. The third kappa shape index (κ3) is 4.34. The first-order valence-corrected chi connectivity index (χ1v) is 7.50. The first-order chi connectivity index (χ1) is 9.54. The summed E-state index contributed by atoms with van der Waals surface area (Å²) in [5, 5.41) is 0. The van der Waals surface area contributed by atoms with Crippen LogP contribution in [0.2, 0.25) is 0 Å². The van der Waals surface area contributed by atoms with E-state index in [-0.39, 0.29) is 5.78 Å². The highest BCUT2D eigenvalue weighted by molar-refractivity contribution is 5.94. The molecule has 110 valence electrons. The zero-order chi connectivity index (χ0) is 14.5. The number of piperidine rings is 1. The van der Waals surface area contributed by atoms with Gasteiger partial charge in [0.25, 0.3) is 0 Å². The van der Waals surface area contributed by atoms with Gasteiger partial charge in [-0.05, 0) is 49.4 Å². The normalized spacial score (nSPS) is 23.6. The number of likely N-dealkylation sites (tertiary alicyclic amines) is 1. The second-order valence-electron chi connectivity index (χ2n) is 6.13. The molecule has 0 N–H and O–H groups in total. The number of hydrogen-bond donors (Lipinski definition) is 0. The predicted octanol–water partition coefficient (Wildman–Crippen LogP) is 3.25. The van der Waals surface area contributed by atoms with Crippen LogP contribution in [0.15, 0.2) is 24.3 Å². The van der Waals surface area contributed by atoms with Crippen molar-refractivity contribution in [3.63, 3.8) is 0 Å². The number of rotatable bonds is 5. The van der Waals surface area contributed by atoms with Crippen LogP contribution in [0.25, 0.3) is 0 Å². The van der Waals surface area contributed by atoms with Crippen LogP contribution in [0.1, 0.15) is 37.6 Å². The molecule has 1 heterocycles. The maximum atomic E-state index is 11.2. The Labute approximate surface area is 121 Å². The molecule has 1 aromatic rings. The van der Waals surface area contributed by atoms with E-state index in [9.17, 15) is 4.79 Å². The van der Waals surface area contributed by atoms with E-state index in [1.54, 1.807) is 6.92 Å². The van der Waals surface area contributed by atoms with Crippen LogP contribution in [0.3, 0.4) is 0 Å². The van der Waals surface area contributed by atoms with Gasteiger partial charge in [-0.3, -0.25) is 9.69 Å². The topological polar surface area (TPSA) is 29.5 Å². The molecule has 1 aliphatic heterocycles. The largest absolute Gasteiger partial charge is 0.492 e. The lowest BCUT2D eigenvalue weighted by Gasteiger charge is -2.34. The van der Waals surface area contributed by atoms with Crippen LogP contribution in [-0.4, -0.2) is 36.9 Å². The van der Waals surface area contributed by atoms with Crippen molar-refractivity contribution in [3.8, 4) is 5.75 Å². The fourth-order valence-electron chi connectivity index (χ4n) is 3.05. The van der Waals surface area contributed by atoms with Crippen molar-refractivity contribution in [2.24, 2.45) is 11.8 Å². The molecule has 1 aliphatic rings. The van der Waals surface area contributed by atoms with Gasteiger partial charge >= 0.3 is 0 Å². The lowest BCUT2D eigenvalue weighted by molar-refractivity contribution is 0.101. The molecule has 1 fully saturated rings. The molecule has 2 atom stereocenters. The number of carbonyl (C=O) groups excluding carboxylic acids is 1. The van der Waals surface area contributed by atoms with Gasteiger partial charge in [0.05, 0.1) is 0 Å². The van der Waals surface area contributed by atoms with Gasteiger partial charge in [-0.2, -0.15) is 0 Å². The summed E-state index contributed by atoms with van der Waals surface area (Å²) in [5.41, 5.74) is 0.732. The number of hydrogen-bond acceptors (Lipinski definition) is 3. The number of benzene rings is 1. The second-order valence-corrected chi connectivity index (χ2v) is 6.13. The summed E-state index contributed by atoms with van der Waals surface area (Å²) in [4.78, 5) is 13.7. The first kappa shape index (κ1) is 15.0. The summed E-state index contributed by atoms with van der Waals surface area (Å²) in [6.07, 6.45) is 1.34. The van der Waals surface area contributed by atoms with Crippen molar-refractivity contribution in [3.05, 3.63) is 29.8 Å². The molecule has 2 rings (SSSR count). The number of ether oxygens (including phenoxy) is 1. The maximum absolute atomic E-state index is 11.2. The summed E-state index contributed by atoms with van der Waals surface area (Å²) in [6, 6.07) is 7.39. The van der Waals surface area contributed by atoms with E-state index in [4.69, 9.17) is 4.74 Å². The SMILES string of the molecule is CC(=O)c1ccc(OCCN2CC(C)CC(C)C2)cc1. The van der Waals surface area contributed by atoms with Crippen molar-refractivity contribution in [2.45, 2.75) is 27.2 Å². The van der Waals surface area contributed by atoms with Crippen LogP contribution >= 0.6 is 0 Å². The third-order valence-corrected chi connectivity index (χ3v) is 3.88. The summed E-state index contributed by atoms with van der Waals surface area (Å²) >= 11 is 0. The van der Waals surface area contributed by atoms with Gasteiger partial charge in [0.2, 0.25) is 0 Å². The predicted molar refractivity (Wildman–Crippen MR) is 81.3 cm³/mol. The van der Waals surface area contributed by atoms with Gasteiger partial charge in [0, 0.05) is 25.2 Å². The quantitative estimate of drug-likeness (QED) is 0.773. The Morgan fingerprint density at radius 3 is 2.35 bits per heavy atom. The summed E-state index contributed by atoms with van der Waals surface area (Å²) in [7, 11) is 0. The summed E-state index contributed by atoms with van der Waals surface area (Å²) in [5.74, 6) is 2.50. The smallest absolute Gasteiger partial charge is 0.159 e. The van der Waals surface area contributed by atoms with Gasteiger partial charge in [0.1, 0.15) is 12.4 Å². The van der Waals surface area contributed by atoms with E-state index in [1.165, 1.54) is 19.5 Å². The van der Waals surface area contributed by atoms with E-state index in [0.29, 0.717) is 6.61 Å². The minimum atomic E-state index is 0.0906. The molecule has 0 spiro atoms. The second kappa shape index (κ2) is 6.89. The van der Waals surface area contributed by atoms with Crippen LogP contribution in [-0.2, 0) is 0 Å². The van der Waals surface area contributed by atoms with Gasteiger partial charge in [-0.25, -0.2) is 0 Å². The molecule has 0 radical (unpaired) electrons. The van der Waals surface area contributed by atoms with E-state index < -0.39 is 0 Å². The van der Waals surface area contributed by atoms with Crippen LogP contribution in [0.5, 0.6) is 5.75 Å². The van der Waals surface area contributed by atoms with Crippen molar-refractivity contribution in [1.82, 2.24) is 4.90 Å². The molecule has 1 saturated heterocycles. The molecule has 0 aromatic heterocycles. The molecule has 0 saturated carbocycles.